The number of nitrogen functional groups attached to an aromatic ring is 1. The lowest BCUT2D eigenvalue weighted by molar-refractivity contribution is -0.148. The van der Waals surface area contributed by atoms with Crippen molar-refractivity contribution in [2.75, 3.05) is 30.3 Å². The van der Waals surface area contributed by atoms with Crippen LogP contribution in [0, 0.1) is 5.92 Å². The van der Waals surface area contributed by atoms with Crippen LogP contribution >= 0.6 is 0 Å². The number of hydrogen-bond donors (Lipinski definition) is 1. The van der Waals surface area contributed by atoms with Gasteiger partial charge in [0.2, 0.25) is 5.88 Å². The van der Waals surface area contributed by atoms with E-state index in [0.29, 0.717) is 37.1 Å². The molecule has 2 heterocycles. The van der Waals surface area contributed by atoms with E-state index in [-0.39, 0.29) is 18.0 Å². The summed E-state index contributed by atoms with van der Waals surface area (Å²) in [5, 5.41) is 0. The van der Waals surface area contributed by atoms with Crippen molar-refractivity contribution in [2.45, 2.75) is 39.7 Å². The molecule has 7 heteroatoms. The average molecular weight is 308 g/mol. The van der Waals surface area contributed by atoms with E-state index in [4.69, 9.17) is 15.2 Å². The van der Waals surface area contributed by atoms with Gasteiger partial charge in [-0.25, -0.2) is 4.98 Å². The third-order valence-corrected chi connectivity index (χ3v) is 3.59. The van der Waals surface area contributed by atoms with Crippen LogP contribution < -0.4 is 15.4 Å². The van der Waals surface area contributed by atoms with Crippen LogP contribution in [0.4, 0.5) is 11.5 Å². The number of esters is 1. The first kappa shape index (κ1) is 16.3. The van der Waals surface area contributed by atoms with E-state index in [2.05, 4.69) is 14.9 Å². The maximum Gasteiger partial charge on any atom is 0.309 e. The largest absolute Gasteiger partial charge is 0.473 e. The molecule has 122 valence electrons. The number of nitrogens with two attached hydrogens (primary N) is 1. The number of anilines is 2. The lowest BCUT2D eigenvalue weighted by Crippen LogP contribution is -2.37. The number of rotatable bonds is 5. The second kappa shape index (κ2) is 7.29. The van der Waals surface area contributed by atoms with Gasteiger partial charge in [-0.15, -0.1) is 0 Å². The molecule has 0 atom stereocenters. The van der Waals surface area contributed by atoms with Crippen LogP contribution in [0.2, 0.25) is 0 Å². The van der Waals surface area contributed by atoms with Gasteiger partial charge in [-0.2, -0.15) is 4.98 Å². The molecule has 0 amide bonds. The summed E-state index contributed by atoms with van der Waals surface area (Å²) < 4.78 is 10.7. The third-order valence-electron chi connectivity index (χ3n) is 3.59. The fraction of sp³-hybridized carbons (Fsp3) is 0.667. The summed E-state index contributed by atoms with van der Waals surface area (Å²) in [6.45, 7) is 7.52. The normalized spacial score (nSPS) is 15.9. The molecular weight excluding hydrogens is 284 g/mol. The van der Waals surface area contributed by atoms with Crippen LogP contribution in [0.3, 0.4) is 0 Å². The Bertz CT molecular complexity index is 514. The van der Waals surface area contributed by atoms with Crippen molar-refractivity contribution in [3.05, 3.63) is 6.33 Å². The Labute approximate surface area is 130 Å². The molecular formula is C15H24N4O3. The van der Waals surface area contributed by atoms with E-state index >= 15 is 0 Å². The summed E-state index contributed by atoms with van der Waals surface area (Å²) >= 11 is 0. The van der Waals surface area contributed by atoms with Crippen molar-refractivity contribution in [1.29, 1.82) is 0 Å². The molecule has 7 nitrogen and oxygen atoms in total. The third kappa shape index (κ3) is 3.78. The maximum atomic E-state index is 11.8. The zero-order chi connectivity index (χ0) is 16.1. The molecule has 2 rings (SSSR count). The first-order valence-electron chi connectivity index (χ1n) is 7.71. The van der Waals surface area contributed by atoms with Gasteiger partial charge in [0.1, 0.15) is 12.0 Å². The first-order valence-corrected chi connectivity index (χ1v) is 7.71. The Balaban J connectivity index is 2.04. The minimum Gasteiger partial charge on any atom is -0.473 e. The summed E-state index contributed by atoms with van der Waals surface area (Å²) in [5.41, 5.74) is 6.57. The zero-order valence-electron chi connectivity index (χ0n) is 13.4. The summed E-state index contributed by atoms with van der Waals surface area (Å²) in [7, 11) is 0. The minimum absolute atomic E-state index is 0.000370. The van der Waals surface area contributed by atoms with Gasteiger partial charge in [-0.1, -0.05) is 0 Å². The molecule has 1 aliphatic rings. The second-order valence-corrected chi connectivity index (χ2v) is 5.60. The van der Waals surface area contributed by atoms with Gasteiger partial charge in [0.05, 0.1) is 18.6 Å². The van der Waals surface area contributed by atoms with Gasteiger partial charge in [-0.3, -0.25) is 4.79 Å². The molecule has 1 aliphatic heterocycles. The van der Waals surface area contributed by atoms with Crippen molar-refractivity contribution in [1.82, 2.24) is 9.97 Å². The topological polar surface area (TPSA) is 90.6 Å². The molecule has 22 heavy (non-hydrogen) atoms. The number of piperidine rings is 1. The molecule has 0 bridgehead atoms. The highest BCUT2D eigenvalue weighted by Crippen LogP contribution is 2.31. The predicted octanol–water partition coefficient (Wildman–Crippen LogP) is 1.63. The van der Waals surface area contributed by atoms with Crippen LogP contribution in [-0.4, -0.2) is 41.7 Å². The number of carbonyl (C=O) groups excluding carboxylic acids is 1. The molecule has 0 radical (unpaired) electrons. The van der Waals surface area contributed by atoms with E-state index in [1.165, 1.54) is 6.33 Å². The van der Waals surface area contributed by atoms with Crippen molar-refractivity contribution in [3.8, 4) is 5.88 Å². The van der Waals surface area contributed by atoms with Crippen LogP contribution in [0.15, 0.2) is 6.33 Å². The monoisotopic (exact) mass is 308 g/mol. The number of nitrogens with zero attached hydrogens (tertiary/aromatic N) is 3. The van der Waals surface area contributed by atoms with Gasteiger partial charge in [-0.05, 0) is 33.6 Å². The van der Waals surface area contributed by atoms with E-state index in [0.717, 1.165) is 12.8 Å². The average Bonchev–Trinajstić information content (AvgIpc) is 2.49. The number of hydrogen-bond acceptors (Lipinski definition) is 7. The van der Waals surface area contributed by atoms with Crippen molar-refractivity contribution in [2.24, 2.45) is 5.92 Å². The Hall–Kier alpha value is -2.05. The fourth-order valence-corrected chi connectivity index (χ4v) is 2.53. The quantitative estimate of drug-likeness (QED) is 0.827. The SMILES string of the molecule is CCOC(=O)C1CCN(c2ncnc(OC(C)C)c2N)CC1. The molecule has 1 aromatic rings. The van der Waals surface area contributed by atoms with Crippen molar-refractivity contribution < 1.29 is 14.3 Å². The molecule has 0 saturated carbocycles. The molecule has 0 spiro atoms. The molecule has 1 fully saturated rings. The van der Waals surface area contributed by atoms with Gasteiger partial charge >= 0.3 is 5.97 Å². The maximum absolute atomic E-state index is 11.8. The summed E-state index contributed by atoms with van der Waals surface area (Å²) in [4.78, 5) is 22.2. The Kier molecular flexibility index (Phi) is 5.41. The lowest BCUT2D eigenvalue weighted by Gasteiger charge is -2.32. The summed E-state index contributed by atoms with van der Waals surface area (Å²) in [6, 6.07) is 0. The highest BCUT2D eigenvalue weighted by Gasteiger charge is 2.28. The highest BCUT2D eigenvalue weighted by atomic mass is 16.5. The summed E-state index contributed by atoms with van der Waals surface area (Å²) in [5.74, 6) is 0.938. The second-order valence-electron chi connectivity index (χ2n) is 5.60. The van der Waals surface area contributed by atoms with E-state index in [1.54, 1.807) is 0 Å². The van der Waals surface area contributed by atoms with Crippen LogP contribution in [0.1, 0.15) is 33.6 Å². The molecule has 1 saturated heterocycles. The van der Waals surface area contributed by atoms with E-state index in [1.807, 2.05) is 20.8 Å². The van der Waals surface area contributed by atoms with Crippen LogP contribution in [-0.2, 0) is 9.53 Å². The number of ether oxygens (including phenoxy) is 2. The van der Waals surface area contributed by atoms with Crippen LogP contribution in [0.5, 0.6) is 5.88 Å². The number of carbonyl (C=O) groups is 1. The van der Waals surface area contributed by atoms with Gasteiger partial charge < -0.3 is 20.1 Å². The Morgan fingerprint density at radius 3 is 2.68 bits per heavy atom. The molecule has 0 unspecified atom stereocenters. The number of aromatic nitrogens is 2. The predicted molar refractivity (Wildman–Crippen MR) is 83.8 cm³/mol. The molecule has 2 N–H and O–H groups in total. The Morgan fingerprint density at radius 1 is 1.41 bits per heavy atom. The summed E-state index contributed by atoms with van der Waals surface area (Å²) in [6.07, 6.45) is 2.94. The molecule has 0 aliphatic carbocycles. The van der Waals surface area contributed by atoms with E-state index < -0.39 is 0 Å². The van der Waals surface area contributed by atoms with Gasteiger partial charge in [0, 0.05) is 13.1 Å². The fourth-order valence-electron chi connectivity index (χ4n) is 2.53. The van der Waals surface area contributed by atoms with Crippen molar-refractivity contribution >= 4 is 17.5 Å². The molecule has 1 aromatic heterocycles. The van der Waals surface area contributed by atoms with Crippen molar-refractivity contribution in [3.63, 3.8) is 0 Å². The highest BCUT2D eigenvalue weighted by molar-refractivity contribution is 5.73. The lowest BCUT2D eigenvalue weighted by atomic mass is 9.97. The van der Waals surface area contributed by atoms with Gasteiger partial charge in [0.25, 0.3) is 0 Å². The van der Waals surface area contributed by atoms with Gasteiger partial charge in [0.15, 0.2) is 5.82 Å². The Morgan fingerprint density at radius 2 is 2.09 bits per heavy atom. The standard InChI is InChI=1S/C15H24N4O3/c1-4-21-15(20)11-5-7-19(8-6-11)13-12(16)14(18-9-17-13)22-10(2)3/h9-11H,4-8,16H2,1-3H3. The molecule has 0 aromatic carbocycles. The smallest absolute Gasteiger partial charge is 0.309 e. The minimum atomic E-state index is -0.110. The van der Waals surface area contributed by atoms with E-state index in [9.17, 15) is 4.79 Å². The zero-order valence-corrected chi connectivity index (χ0v) is 13.4. The van der Waals surface area contributed by atoms with Crippen LogP contribution in [0.25, 0.3) is 0 Å². The first-order chi connectivity index (χ1) is 10.5.